The number of piperidine rings is 1. The van der Waals surface area contributed by atoms with Crippen molar-refractivity contribution in [3.05, 3.63) is 83.1 Å². The fourth-order valence-electron chi connectivity index (χ4n) is 6.09. The SMILES string of the molecule is Cc1cc(-c2nn(C(=O)O)c3ncc(-c4ccc(C5CCN(C(=O)OC(C)(C)C)CC5)cc4)cc23)ccc1CNC(=O)c1noc(C(C)(C)C)n1. The van der Waals surface area contributed by atoms with E-state index >= 15 is 0 Å². The van der Waals surface area contributed by atoms with E-state index in [0.717, 1.165) is 39.8 Å². The zero-order chi connectivity index (χ0) is 36.7. The van der Waals surface area contributed by atoms with E-state index in [0.29, 0.717) is 41.5 Å². The van der Waals surface area contributed by atoms with Gasteiger partial charge < -0.3 is 24.6 Å². The summed E-state index contributed by atoms with van der Waals surface area (Å²) in [5, 5.41) is 21.6. The van der Waals surface area contributed by atoms with Gasteiger partial charge in [-0.2, -0.15) is 10.1 Å². The molecule has 0 aliphatic carbocycles. The lowest BCUT2D eigenvalue weighted by atomic mass is 9.88. The van der Waals surface area contributed by atoms with E-state index in [1.807, 2.05) is 84.9 Å². The topological polar surface area (TPSA) is 166 Å². The number of carbonyl (C=O) groups is 3. The molecule has 4 heterocycles. The van der Waals surface area contributed by atoms with Crippen molar-refractivity contribution < 1.29 is 28.8 Å². The zero-order valence-corrected chi connectivity index (χ0v) is 30.0. The molecule has 0 radical (unpaired) electrons. The molecule has 2 aromatic carbocycles. The van der Waals surface area contributed by atoms with Crippen LogP contribution in [0.15, 0.2) is 59.3 Å². The van der Waals surface area contributed by atoms with Crippen molar-refractivity contribution in [2.75, 3.05) is 13.1 Å². The number of fused-ring (bicyclic) bond motifs is 1. The molecule has 266 valence electrons. The number of nitrogens with zero attached hydrogens (tertiary/aromatic N) is 6. The van der Waals surface area contributed by atoms with Crippen molar-refractivity contribution >= 4 is 29.1 Å². The number of hydrogen-bond donors (Lipinski definition) is 2. The normalized spacial score (nSPS) is 14.1. The second-order valence-electron chi connectivity index (χ2n) is 15.0. The lowest BCUT2D eigenvalue weighted by Gasteiger charge is -2.33. The second kappa shape index (κ2) is 13.6. The van der Waals surface area contributed by atoms with Crippen LogP contribution in [0.1, 0.15) is 93.5 Å². The summed E-state index contributed by atoms with van der Waals surface area (Å²) >= 11 is 0. The van der Waals surface area contributed by atoms with Crippen LogP contribution in [0.2, 0.25) is 0 Å². The molecule has 0 saturated carbocycles. The van der Waals surface area contributed by atoms with E-state index in [2.05, 4.69) is 37.7 Å². The Balaban J connectivity index is 1.19. The summed E-state index contributed by atoms with van der Waals surface area (Å²) in [7, 11) is 0. The highest BCUT2D eigenvalue weighted by molar-refractivity contribution is 5.97. The van der Waals surface area contributed by atoms with Crippen LogP contribution in [0, 0.1) is 6.92 Å². The number of carbonyl (C=O) groups excluding carboxylic acids is 2. The number of carboxylic acid groups (broad SMARTS) is 1. The highest BCUT2D eigenvalue weighted by atomic mass is 16.6. The van der Waals surface area contributed by atoms with Crippen LogP contribution >= 0.6 is 0 Å². The van der Waals surface area contributed by atoms with Crippen LogP contribution in [-0.2, 0) is 16.7 Å². The third-order valence-electron chi connectivity index (χ3n) is 8.89. The highest BCUT2D eigenvalue weighted by Gasteiger charge is 2.28. The number of ether oxygens (including phenoxy) is 1. The summed E-state index contributed by atoms with van der Waals surface area (Å²) in [5.74, 6) is 0.237. The predicted octanol–water partition coefficient (Wildman–Crippen LogP) is 7.32. The van der Waals surface area contributed by atoms with Crippen LogP contribution in [0.4, 0.5) is 9.59 Å². The van der Waals surface area contributed by atoms with Crippen molar-refractivity contribution in [1.82, 2.24) is 35.1 Å². The summed E-state index contributed by atoms with van der Waals surface area (Å²) in [5.41, 5.74) is 5.25. The molecule has 0 bridgehead atoms. The Morgan fingerprint density at radius 2 is 1.65 bits per heavy atom. The number of nitrogens with one attached hydrogen (secondary N) is 1. The van der Waals surface area contributed by atoms with Crippen molar-refractivity contribution in [2.24, 2.45) is 0 Å². The van der Waals surface area contributed by atoms with E-state index in [1.165, 1.54) is 5.56 Å². The van der Waals surface area contributed by atoms with Gasteiger partial charge in [0.2, 0.25) is 5.89 Å². The maximum atomic E-state index is 12.7. The Hall–Kier alpha value is -5.59. The fourth-order valence-corrected chi connectivity index (χ4v) is 6.09. The number of rotatable bonds is 6. The van der Waals surface area contributed by atoms with Gasteiger partial charge in [-0.1, -0.05) is 62.3 Å². The van der Waals surface area contributed by atoms with Gasteiger partial charge in [-0.25, -0.2) is 14.6 Å². The maximum absolute atomic E-state index is 12.7. The standard InChI is InChI=1S/C38H43N7O6/c1-22-18-26(12-13-27(22)20-40-33(46)31-41-34(51-43-31)37(2,3)4)30-29-19-28(21-39-32(29)45(42-30)35(47)48)24-10-8-23(9-11-24)25-14-16-44(17-15-25)36(49)50-38(5,6)7/h8-13,18-19,21,25H,14-17,20H2,1-7H3,(H,40,46)(H,47,48). The lowest BCUT2D eigenvalue weighted by molar-refractivity contribution is 0.0204. The molecular weight excluding hydrogens is 650 g/mol. The maximum Gasteiger partial charge on any atom is 0.434 e. The van der Waals surface area contributed by atoms with Gasteiger partial charge in [-0.15, -0.1) is 4.68 Å². The van der Waals surface area contributed by atoms with E-state index in [-0.39, 0.29) is 29.5 Å². The van der Waals surface area contributed by atoms with Gasteiger partial charge in [0.05, 0.1) is 0 Å². The molecule has 13 heteroatoms. The summed E-state index contributed by atoms with van der Waals surface area (Å²) < 4.78 is 11.7. The molecule has 0 spiro atoms. The monoisotopic (exact) mass is 693 g/mol. The quantitative estimate of drug-likeness (QED) is 0.184. The predicted molar refractivity (Wildman–Crippen MR) is 191 cm³/mol. The van der Waals surface area contributed by atoms with Crippen LogP contribution in [0.25, 0.3) is 33.4 Å². The first-order valence-electron chi connectivity index (χ1n) is 17.0. The molecule has 13 nitrogen and oxygen atoms in total. The van der Waals surface area contributed by atoms with Crippen LogP contribution in [-0.4, -0.2) is 71.7 Å². The van der Waals surface area contributed by atoms with Gasteiger partial charge in [-0.05, 0) is 80.8 Å². The molecule has 6 rings (SSSR count). The second-order valence-corrected chi connectivity index (χ2v) is 15.0. The number of amides is 2. The van der Waals surface area contributed by atoms with Gasteiger partial charge in [0.1, 0.15) is 11.3 Å². The highest BCUT2D eigenvalue weighted by Crippen LogP contribution is 2.34. The molecule has 5 aromatic rings. The molecule has 2 N–H and O–H groups in total. The first-order valence-corrected chi connectivity index (χ1v) is 17.0. The van der Waals surface area contributed by atoms with E-state index in [9.17, 15) is 19.5 Å². The largest absolute Gasteiger partial charge is 0.463 e. The van der Waals surface area contributed by atoms with Gasteiger partial charge >= 0.3 is 12.2 Å². The van der Waals surface area contributed by atoms with Gasteiger partial charge in [0.15, 0.2) is 5.65 Å². The van der Waals surface area contributed by atoms with E-state index in [4.69, 9.17) is 9.26 Å². The third-order valence-corrected chi connectivity index (χ3v) is 8.89. The first-order chi connectivity index (χ1) is 24.1. The van der Waals surface area contributed by atoms with Crippen LogP contribution in [0.3, 0.4) is 0 Å². The molecule has 0 atom stereocenters. The minimum Gasteiger partial charge on any atom is -0.463 e. The summed E-state index contributed by atoms with van der Waals surface area (Å²) in [6, 6.07) is 15.9. The third kappa shape index (κ3) is 7.77. The minimum absolute atomic E-state index is 0.0292. The number of benzene rings is 2. The number of hydrogen-bond acceptors (Lipinski definition) is 9. The molecular formula is C38H43N7O6. The molecule has 2 amide bonds. The first kappa shape index (κ1) is 35.2. The molecule has 0 unspecified atom stereocenters. The Morgan fingerprint density at radius 1 is 0.961 bits per heavy atom. The lowest BCUT2D eigenvalue weighted by Crippen LogP contribution is -2.41. The summed E-state index contributed by atoms with van der Waals surface area (Å²) in [6.07, 6.45) is 1.86. The Kier molecular flexibility index (Phi) is 9.41. The van der Waals surface area contributed by atoms with Crippen molar-refractivity contribution in [2.45, 2.75) is 84.8 Å². The van der Waals surface area contributed by atoms with E-state index in [1.54, 1.807) is 11.1 Å². The van der Waals surface area contributed by atoms with Crippen LogP contribution in [0.5, 0.6) is 0 Å². The number of aryl methyl sites for hydroxylation is 1. The van der Waals surface area contributed by atoms with Crippen LogP contribution < -0.4 is 5.32 Å². The van der Waals surface area contributed by atoms with Gasteiger partial charge in [0.25, 0.3) is 11.7 Å². The van der Waals surface area contributed by atoms with E-state index < -0.39 is 17.6 Å². The fraction of sp³-hybridized carbons (Fsp3) is 0.395. The van der Waals surface area contributed by atoms with Gasteiger partial charge in [0, 0.05) is 47.8 Å². The van der Waals surface area contributed by atoms with Crippen molar-refractivity contribution in [1.29, 1.82) is 0 Å². The molecule has 3 aromatic heterocycles. The molecule has 1 fully saturated rings. The minimum atomic E-state index is -1.24. The van der Waals surface area contributed by atoms with Gasteiger partial charge in [-0.3, -0.25) is 4.79 Å². The average molecular weight is 694 g/mol. The van der Waals surface area contributed by atoms with Crippen molar-refractivity contribution in [3.63, 3.8) is 0 Å². The number of pyridine rings is 1. The molecule has 1 saturated heterocycles. The smallest absolute Gasteiger partial charge is 0.434 e. The number of aromatic nitrogens is 5. The van der Waals surface area contributed by atoms with Crippen molar-refractivity contribution in [3.8, 4) is 22.4 Å². The molecule has 1 aliphatic rings. The Labute approximate surface area is 296 Å². The summed E-state index contributed by atoms with van der Waals surface area (Å²) in [4.78, 5) is 47.9. The average Bonchev–Trinajstić information content (AvgIpc) is 3.73. The summed E-state index contributed by atoms with van der Waals surface area (Å²) in [6.45, 7) is 14.8. The molecule has 51 heavy (non-hydrogen) atoms. The molecule has 1 aliphatic heterocycles. The zero-order valence-electron chi connectivity index (χ0n) is 30.0. The Bertz CT molecular complexity index is 2100. The Morgan fingerprint density at radius 3 is 2.25 bits per heavy atom. The number of likely N-dealkylation sites (tertiary alicyclic amines) is 1.